The van der Waals surface area contributed by atoms with Crippen LogP contribution in [0.3, 0.4) is 0 Å². The maximum atomic E-state index is 5.46. The van der Waals surface area contributed by atoms with Gasteiger partial charge in [0, 0.05) is 33.2 Å². The van der Waals surface area contributed by atoms with E-state index in [0.29, 0.717) is 5.82 Å². The van der Waals surface area contributed by atoms with E-state index in [0.717, 1.165) is 94.7 Å². The molecule has 2 heterocycles. The third-order valence-corrected chi connectivity index (χ3v) is 11.7. The van der Waals surface area contributed by atoms with Crippen molar-refractivity contribution in [3.05, 3.63) is 237 Å². The average molecular weight is 790 g/mol. The van der Waals surface area contributed by atoms with E-state index in [2.05, 4.69) is 224 Å². The maximum Gasteiger partial charge on any atom is 0.160 e. The molecule has 3 nitrogen and oxygen atoms in total. The van der Waals surface area contributed by atoms with E-state index in [-0.39, 0.29) is 0 Å². The van der Waals surface area contributed by atoms with Crippen LogP contribution in [0.25, 0.3) is 111 Å². The van der Waals surface area contributed by atoms with E-state index in [1.807, 2.05) is 12.1 Å². The van der Waals surface area contributed by atoms with Crippen LogP contribution in [0.1, 0.15) is 0 Å². The number of benzene rings is 9. The normalized spacial score (nSPS) is 11.2. The molecule has 0 N–H and O–H groups in total. The Hall–Kier alpha value is -8.27. The van der Waals surface area contributed by atoms with Crippen molar-refractivity contribution in [1.29, 1.82) is 0 Å². The molecule has 0 atom stereocenters. The highest BCUT2D eigenvalue weighted by atomic mass is 14.9. The fourth-order valence-electron chi connectivity index (χ4n) is 8.56. The van der Waals surface area contributed by atoms with Crippen molar-refractivity contribution in [1.82, 2.24) is 15.0 Å². The highest BCUT2D eigenvalue weighted by molar-refractivity contribution is 6.18. The fourth-order valence-corrected chi connectivity index (χ4v) is 8.56. The quantitative estimate of drug-likeness (QED) is 0.144. The van der Waals surface area contributed by atoms with Crippen LogP contribution in [-0.2, 0) is 0 Å². The van der Waals surface area contributed by atoms with Gasteiger partial charge in [-0.2, -0.15) is 0 Å². The van der Waals surface area contributed by atoms with Gasteiger partial charge in [-0.05, 0) is 80.0 Å². The van der Waals surface area contributed by atoms with Crippen molar-refractivity contribution in [2.75, 3.05) is 0 Å². The zero-order chi connectivity index (χ0) is 41.2. The minimum Gasteiger partial charge on any atom is -0.247 e. The summed E-state index contributed by atoms with van der Waals surface area (Å²) < 4.78 is 0. The summed E-state index contributed by atoms with van der Waals surface area (Å²) in [5, 5.41) is 3.49. The van der Waals surface area contributed by atoms with Crippen LogP contribution in [-0.4, -0.2) is 15.0 Å². The fraction of sp³-hybridized carbons (Fsp3) is 0. The zero-order valence-electron chi connectivity index (χ0n) is 33.9. The Kier molecular flexibility index (Phi) is 9.53. The molecule has 0 amide bonds. The second-order valence-corrected chi connectivity index (χ2v) is 15.6. The summed E-state index contributed by atoms with van der Waals surface area (Å²) in [6.45, 7) is 0. The minimum absolute atomic E-state index is 0.665. The van der Waals surface area contributed by atoms with Crippen LogP contribution in [0.2, 0.25) is 0 Å². The minimum atomic E-state index is 0.665. The first-order valence-electron chi connectivity index (χ1n) is 21.0. The van der Waals surface area contributed by atoms with E-state index in [4.69, 9.17) is 15.0 Å². The summed E-state index contributed by atoms with van der Waals surface area (Å²) >= 11 is 0. The summed E-state index contributed by atoms with van der Waals surface area (Å²) in [4.78, 5) is 16.0. The first kappa shape index (κ1) is 36.8. The van der Waals surface area contributed by atoms with Gasteiger partial charge in [-0.3, -0.25) is 0 Å². The second-order valence-electron chi connectivity index (χ2n) is 15.6. The Morgan fingerprint density at radius 3 is 1.26 bits per heavy atom. The topological polar surface area (TPSA) is 38.7 Å². The molecule has 0 radical (unpaired) electrons. The predicted molar refractivity (Wildman–Crippen MR) is 258 cm³/mol. The number of aromatic nitrogens is 3. The molecule has 0 saturated heterocycles. The largest absolute Gasteiger partial charge is 0.247 e. The van der Waals surface area contributed by atoms with E-state index in [1.54, 1.807) is 0 Å². The molecular formula is C59H39N3. The highest BCUT2D eigenvalue weighted by Crippen LogP contribution is 2.42. The third kappa shape index (κ3) is 7.12. The Morgan fingerprint density at radius 1 is 0.242 bits per heavy atom. The van der Waals surface area contributed by atoms with Gasteiger partial charge in [0.1, 0.15) is 0 Å². The van der Waals surface area contributed by atoms with Gasteiger partial charge >= 0.3 is 0 Å². The number of hydrogen-bond acceptors (Lipinski definition) is 3. The van der Waals surface area contributed by atoms with Crippen LogP contribution in [0.15, 0.2) is 237 Å². The number of hydrogen-bond donors (Lipinski definition) is 0. The number of rotatable bonds is 8. The molecule has 0 unspecified atom stereocenters. The molecule has 0 aliphatic carbocycles. The monoisotopic (exact) mass is 789 g/mol. The van der Waals surface area contributed by atoms with E-state index in [1.165, 1.54) is 10.8 Å². The lowest BCUT2D eigenvalue weighted by atomic mass is 9.90. The van der Waals surface area contributed by atoms with Gasteiger partial charge in [0.05, 0.1) is 22.6 Å². The molecule has 0 aliphatic heterocycles. The van der Waals surface area contributed by atoms with Gasteiger partial charge in [0.25, 0.3) is 0 Å². The molecule has 9 aromatic carbocycles. The van der Waals surface area contributed by atoms with Gasteiger partial charge < -0.3 is 0 Å². The van der Waals surface area contributed by atoms with Gasteiger partial charge in [-0.15, -0.1) is 0 Å². The Bertz CT molecular complexity index is 3260. The molecule has 0 spiro atoms. The molecule has 0 saturated carbocycles. The van der Waals surface area contributed by atoms with Crippen LogP contribution in [0.5, 0.6) is 0 Å². The van der Waals surface area contributed by atoms with Crippen molar-refractivity contribution in [3.63, 3.8) is 0 Å². The Balaban J connectivity index is 1.07. The van der Waals surface area contributed by atoms with Crippen molar-refractivity contribution in [2.45, 2.75) is 0 Å². The summed E-state index contributed by atoms with van der Waals surface area (Å²) in [5.41, 5.74) is 16.8. The van der Waals surface area contributed by atoms with Crippen LogP contribution in [0.4, 0.5) is 0 Å². The predicted octanol–water partition coefficient (Wildman–Crippen LogP) is 15.5. The summed E-state index contributed by atoms with van der Waals surface area (Å²) in [5.74, 6) is 0.665. The van der Waals surface area contributed by atoms with Crippen molar-refractivity contribution >= 4 is 21.7 Å². The van der Waals surface area contributed by atoms with Crippen LogP contribution < -0.4 is 0 Å². The molecule has 0 aliphatic rings. The molecule has 3 heteroatoms. The SMILES string of the molecule is c1ccc(-c2cccc(-c3cc(-c4cccc(-c5ccccc5)c4)nc(-c4ccc(-c5cc6ccccc6c6c(-c7ccccc7)cc(-c7ccccc7)nc56)cc4)n3)c2)cc1. The van der Waals surface area contributed by atoms with Gasteiger partial charge in [-0.25, -0.2) is 15.0 Å². The maximum absolute atomic E-state index is 5.46. The number of pyridine rings is 1. The average Bonchev–Trinajstić information content (AvgIpc) is 3.37. The first-order chi connectivity index (χ1) is 30.7. The third-order valence-electron chi connectivity index (χ3n) is 11.7. The van der Waals surface area contributed by atoms with E-state index < -0.39 is 0 Å². The molecule has 0 bridgehead atoms. The van der Waals surface area contributed by atoms with E-state index in [9.17, 15) is 0 Å². The van der Waals surface area contributed by atoms with E-state index >= 15 is 0 Å². The molecule has 62 heavy (non-hydrogen) atoms. The number of nitrogens with zero attached hydrogens (tertiary/aromatic N) is 3. The molecule has 0 fully saturated rings. The lowest BCUT2D eigenvalue weighted by Gasteiger charge is -2.17. The Morgan fingerprint density at radius 2 is 0.677 bits per heavy atom. The zero-order valence-corrected chi connectivity index (χ0v) is 33.9. The molecular weight excluding hydrogens is 751 g/mol. The second kappa shape index (κ2) is 16.1. The highest BCUT2D eigenvalue weighted by Gasteiger charge is 2.18. The molecule has 11 aromatic rings. The molecule has 11 rings (SSSR count). The lowest BCUT2D eigenvalue weighted by molar-refractivity contribution is 1.18. The molecule has 2 aromatic heterocycles. The van der Waals surface area contributed by atoms with Crippen LogP contribution >= 0.6 is 0 Å². The van der Waals surface area contributed by atoms with Crippen molar-refractivity contribution in [3.8, 4) is 89.7 Å². The Labute approximate surface area is 361 Å². The summed E-state index contributed by atoms with van der Waals surface area (Å²) in [7, 11) is 0. The van der Waals surface area contributed by atoms with Gasteiger partial charge in [0.15, 0.2) is 5.82 Å². The standard InChI is InChI=1S/C59H39N3/c1-5-17-40(18-6-1)46-26-15-28-49(35-46)55-39-56(50-29-16-27-47(36-50)41-19-7-2-8-20-41)62-59(61-55)45-33-31-43(32-34-45)53-37-48-25-13-14-30-51(48)57-52(42-21-9-3-10-22-42)38-54(60-58(53)57)44-23-11-4-12-24-44/h1-39H. The number of fused-ring (bicyclic) bond motifs is 3. The van der Waals surface area contributed by atoms with Crippen molar-refractivity contribution in [2.24, 2.45) is 0 Å². The first-order valence-corrected chi connectivity index (χ1v) is 21.0. The summed E-state index contributed by atoms with van der Waals surface area (Å²) in [6.07, 6.45) is 0. The lowest BCUT2D eigenvalue weighted by Crippen LogP contribution is -1.97. The molecule has 290 valence electrons. The van der Waals surface area contributed by atoms with Crippen molar-refractivity contribution < 1.29 is 0 Å². The van der Waals surface area contributed by atoms with Gasteiger partial charge in [-0.1, -0.05) is 206 Å². The smallest absolute Gasteiger partial charge is 0.160 e. The van der Waals surface area contributed by atoms with Crippen LogP contribution in [0, 0.1) is 0 Å². The summed E-state index contributed by atoms with van der Waals surface area (Å²) in [6, 6.07) is 83.4. The van der Waals surface area contributed by atoms with Gasteiger partial charge in [0.2, 0.25) is 0 Å².